The maximum Gasteiger partial charge on any atom is 0.309 e. The SMILES string of the molecule is C[C@]1(C(=O)O)CC[C@@](C)(C(=O)O)CC1. The quantitative estimate of drug-likeness (QED) is 0.712. The third-order valence-electron chi connectivity index (χ3n) is 3.49. The number of hydrogen-bond donors (Lipinski definition) is 2. The zero-order valence-corrected chi connectivity index (χ0v) is 8.54. The maximum absolute atomic E-state index is 10.9. The fourth-order valence-corrected chi connectivity index (χ4v) is 1.78. The molecule has 1 aliphatic rings. The van der Waals surface area contributed by atoms with E-state index in [0.29, 0.717) is 25.7 Å². The van der Waals surface area contributed by atoms with Crippen LogP contribution in [0.3, 0.4) is 0 Å². The molecule has 0 bridgehead atoms. The predicted octanol–water partition coefficient (Wildman–Crippen LogP) is 1.74. The Labute approximate surface area is 82.9 Å². The normalized spacial score (nSPS) is 37.9. The van der Waals surface area contributed by atoms with E-state index in [1.807, 2.05) is 0 Å². The molecule has 0 radical (unpaired) electrons. The van der Waals surface area contributed by atoms with Gasteiger partial charge < -0.3 is 10.2 Å². The molecular weight excluding hydrogens is 184 g/mol. The van der Waals surface area contributed by atoms with Gasteiger partial charge in [-0.05, 0) is 39.5 Å². The molecule has 0 heterocycles. The number of hydrogen-bond acceptors (Lipinski definition) is 2. The van der Waals surface area contributed by atoms with Gasteiger partial charge in [-0.2, -0.15) is 0 Å². The molecule has 4 nitrogen and oxygen atoms in total. The van der Waals surface area contributed by atoms with Crippen LogP contribution in [0.25, 0.3) is 0 Å². The summed E-state index contributed by atoms with van der Waals surface area (Å²) in [5.41, 5.74) is -1.45. The highest BCUT2D eigenvalue weighted by atomic mass is 16.4. The third-order valence-corrected chi connectivity index (χ3v) is 3.49. The summed E-state index contributed by atoms with van der Waals surface area (Å²) in [4.78, 5) is 21.8. The summed E-state index contributed by atoms with van der Waals surface area (Å²) in [7, 11) is 0. The highest BCUT2D eigenvalue weighted by Gasteiger charge is 2.45. The lowest BCUT2D eigenvalue weighted by molar-refractivity contribution is -0.159. The van der Waals surface area contributed by atoms with Crippen molar-refractivity contribution in [2.45, 2.75) is 39.5 Å². The van der Waals surface area contributed by atoms with Gasteiger partial charge in [-0.25, -0.2) is 0 Å². The lowest BCUT2D eigenvalue weighted by Crippen LogP contribution is -2.39. The summed E-state index contributed by atoms with van der Waals surface area (Å²) in [6.45, 7) is 3.38. The molecule has 80 valence electrons. The van der Waals surface area contributed by atoms with E-state index in [2.05, 4.69) is 0 Å². The molecule has 0 spiro atoms. The van der Waals surface area contributed by atoms with Crippen molar-refractivity contribution in [3.63, 3.8) is 0 Å². The first-order valence-electron chi connectivity index (χ1n) is 4.77. The first-order valence-corrected chi connectivity index (χ1v) is 4.77. The van der Waals surface area contributed by atoms with Gasteiger partial charge in [0, 0.05) is 0 Å². The number of aliphatic carboxylic acids is 2. The highest BCUT2D eigenvalue weighted by Crippen LogP contribution is 2.45. The Kier molecular flexibility index (Phi) is 2.56. The first kappa shape index (κ1) is 11.0. The Morgan fingerprint density at radius 3 is 1.21 bits per heavy atom. The van der Waals surface area contributed by atoms with Crippen molar-refractivity contribution in [2.24, 2.45) is 10.8 Å². The molecule has 14 heavy (non-hydrogen) atoms. The van der Waals surface area contributed by atoms with Crippen molar-refractivity contribution in [1.82, 2.24) is 0 Å². The fraction of sp³-hybridized carbons (Fsp3) is 0.800. The van der Waals surface area contributed by atoms with Crippen LogP contribution in [-0.2, 0) is 9.59 Å². The second kappa shape index (κ2) is 3.26. The molecule has 1 aliphatic carbocycles. The van der Waals surface area contributed by atoms with E-state index in [-0.39, 0.29) is 0 Å². The van der Waals surface area contributed by atoms with Gasteiger partial charge in [-0.3, -0.25) is 9.59 Å². The van der Waals surface area contributed by atoms with Crippen molar-refractivity contribution in [1.29, 1.82) is 0 Å². The van der Waals surface area contributed by atoms with Crippen molar-refractivity contribution < 1.29 is 19.8 Å². The largest absolute Gasteiger partial charge is 0.481 e. The van der Waals surface area contributed by atoms with Crippen molar-refractivity contribution in [2.75, 3.05) is 0 Å². The van der Waals surface area contributed by atoms with Gasteiger partial charge in [-0.15, -0.1) is 0 Å². The van der Waals surface area contributed by atoms with Crippen LogP contribution in [0.1, 0.15) is 39.5 Å². The van der Waals surface area contributed by atoms with Crippen LogP contribution in [0.4, 0.5) is 0 Å². The Hall–Kier alpha value is -1.06. The molecule has 0 aromatic carbocycles. The zero-order valence-electron chi connectivity index (χ0n) is 8.54. The Morgan fingerprint density at radius 2 is 1.07 bits per heavy atom. The van der Waals surface area contributed by atoms with Gasteiger partial charge in [0.25, 0.3) is 0 Å². The van der Waals surface area contributed by atoms with Crippen LogP contribution >= 0.6 is 0 Å². The summed E-state index contributed by atoms with van der Waals surface area (Å²) in [5, 5.41) is 17.9. The van der Waals surface area contributed by atoms with Crippen LogP contribution < -0.4 is 0 Å². The molecule has 1 saturated carbocycles. The minimum Gasteiger partial charge on any atom is -0.481 e. The number of rotatable bonds is 2. The summed E-state index contributed by atoms with van der Waals surface area (Å²) >= 11 is 0. The number of carbonyl (C=O) groups is 2. The Bertz CT molecular complexity index is 233. The average molecular weight is 200 g/mol. The van der Waals surface area contributed by atoms with Crippen molar-refractivity contribution in [3.05, 3.63) is 0 Å². The first-order chi connectivity index (χ1) is 6.30. The average Bonchev–Trinajstić information content (AvgIpc) is 2.10. The molecule has 0 unspecified atom stereocenters. The highest BCUT2D eigenvalue weighted by molar-refractivity contribution is 5.77. The fourth-order valence-electron chi connectivity index (χ4n) is 1.78. The maximum atomic E-state index is 10.9. The second-order valence-corrected chi connectivity index (χ2v) is 4.73. The molecule has 0 amide bonds. The lowest BCUT2D eigenvalue weighted by Gasteiger charge is -2.38. The third kappa shape index (κ3) is 1.74. The van der Waals surface area contributed by atoms with Crippen molar-refractivity contribution in [3.8, 4) is 0 Å². The number of carboxylic acid groups (broad SMARTS) is 2. The van der Waals surface area contributed by atoms with E-state index in [1.165, 1.54) is 0 Å². The molecular formula is C10H16O4. The smallest absolute Gasteiger partial charge is 0.309 e. The van der Waals surface area contributed by atoms with Gasteiger partial charge in [0.15, 0.2) is 0 Å². The van der Waals surface area contributed by atoms with E-state index in [1.54, 1.807) is 13.8 Å². The van der Waals surface area contributed by atoms with E-state index < -0.39 is 22.8 Å². The molecule has 0 atom stereocenters. The van der Waals surface area contributed by atoms with E-state index >= 15 is 0 Å². The molecule has 0 saturated heterocycles. The molecule has 0 aromatic rings. The van der Waals surface area contributed by atoms with Gasteiger partial charge in [-0.1, -0.05) is 0 Å². The molecule has 1 fully saturated rings. The Morgan fingerprint density at radius 1 is 0.857 bits per heavy atom. The topological polar surface area (TPSA) is 74.6 Å². The summed E-state index contributed by atoms with van der Waals surface area (Å²) in [6.07, 6.45) is 1.80. The standard InChI is InChI=1S/C10H16O4/c1-9(7(11)12)3-5-10(2,6-4-9)8(13)14/h3-6H2,1-2H3,(H,11,12)(H,13,14)/t9-,10+. The molecule has 0 aromatic heterocycles. The minimum atomic E-state index is -0.815. The Balaban J connectivity index is 2.71. The van der Waals surface area contributed by atoms with Crippen molar-refractivity contribution >= 4 is 11.9 Å². The second-order valence-electron chi connectivity index (χ2n) is 4.73. The van der Waals surface area contributed by atoms with Crippen LogP contribution in [0.2, 0.25) is 0 Å². The van der Waals surface area contributed by atoms with E-state index in [4.69, 9.17) is 10.2 Å². The van der Waals surface area contributed by atoms with Gasteiger partial charge >= 0.3 is 11.9 Å². The zero-order chi connectivity index (χ0) is 11.0. The van der Waals surface area contributed by atoms with Crippen LogP contribution in [0.5, 0.6) is 0 Å². The van der Waals surface area contributed by atoms with Crippen LogP contribution in [0.15, 0.2) is 0 Å². The molecule has 2 N–H and O–H groups in total. The van der Waals surface area contributed by atoms with Gasteiger partial charge in [0.1, 0.15) is 0 Å². The summed E-state index contributed by atoms with van der Waals surface area (Å²) in [5.74, 6) is -1.63. The molecule has 1 rings (SSSR count). The van der Waals surface area contributed by atoms with Gasteiger partial charge in [0.2, 0.25) is 0 Å². The summed E-state index contributed by atoms with van der Waals surface area (Å²) < 4.78 is 0. The van der Waals surface area contributed by atoms with Crippen LogP contribution in [0, 0.1) is 10.8 Å². The molecule has 4 heteroatoms. The van der Waals surface area contributed by atoms with Crippen LogP contribution in [-0.4, -0.2) is 22.2 Å². The predicted molar refractivity (Wildman–Crippen MR) is 50.0 cm³/mol. The van der Waals surface area contributed by atoms with E-state index in [9.17, 15) is 9.59 Å². The molecule has 0 aliphatic heterocycles. The minimum absolute atomic E-state index is 0.450. The lowest BCUT2D eigenvalue weighted by atomic mass is 9.65. The number of carboxylic acids is 2. The van der Waals surface area contributed by atoms with Gasteiger partial charge in [0.05, 0.1) is 10.8 Å². The summed E-state index contributed by atoms with van der Waals surface area (Å²) in [6, 6.07) is 0. The monoisotopic (exact) mass is 200 g/mol. The van der Waals surface area contributed by atoms with E-state index in [0.717, 1.165) is 0 Å².